The summed E-state index contributed by atoms with van der Waals surface area (Å²) in [6.45, 7) is 2.43. The van der Waals surface area contributed by atoms with Crippen molar-refractivity contribution in [2.24, 2.45) is 5.92 Å². The third-order valence-corrected chi connectivity index (χ3v) is 5.59. The first-order valence-electron chi connectivity index (χ1n) is 10.1. The molecule has 1 aliphatic rings. The van der Waals surface area contributed by atoms with Crippen LogP contribution in [0.4, 0.5) is 14.6 Å². The fourth-order valence-electron chi connectivity index (χ4n) is 3.71. The van der Waals surface area contributed by atoms with E-state index >= 15 is 0 Å². The molecule has 0 spiro atoms. The van der Waals surface area contributed by atoms with Gasteiger partial charge < -0.3 is 10.6 Å². The zero-order valence-corrected chi connectivity index (χ0v) is 17.2. The zero-order chi connectivity index (χ0) is 20.9. The van der Waals surface area contributed by atoms with Crippen LogP contribution in [0.15, 0.2) is 48.7 Å². The average Bonchev–Trinajstić information content (AvgIpc) is 2.77. The predicted octanol–water partition coefficient (Wildman–Crippen LogP) is 5.87. The molecule has 1 saturated heterocycles. The zero-order valence-electron chi connectivity index (χ0n) is 16.5. The van der Waals surface area contributed by atoms with Gasteiger partial charge in [0.15, 0.2) is 11.6 Å². The summed E-state index contributed by atoms with van der Waals surface area (Å²) in [6.07, 6.45) is 4.99. The topological polar surface area (TPSA) is 49.8 Å². The monoisotopic (exact) mass is 444 g/mol. The van der Waals surface area contributed by atoms with E-state index < -0.39 is 11.6 Å². The van der Waals surface area contributed by atoms with Gasteiger partial charge in [0.2, 0.25) is 0 Å². The van der Waals surface area contributed by atoms with Gasteiger partial charge in [0.1, 0.15) is 5.82 Å². The quantitative estimate of drug-likeness (QED) is 0.499. The molecule has 0 saturated carbocycles. The van der Waals surface area contributed by atoms with E-state index in [9.17, 15) is 8.78 Å². The summed E-state index contributed by atoms with van der Waals surface area (Å²) in [7, 11) is 0. The summed E-state index contributed by atoms with van der Waals surface area (Å²) in [5.74, 6) is -0.508. The van der Waals surface area contributed by atoms with Gasteiger partial charge in [-0.1, -0.05) is 31.2 Å². The molecule has 7 heteroatoms. The van der Waals surface area contributed by atoms with E-state index in [2.05, 4.69) is 20.6 Å². The normalized spacial score (nSPS) is 15.9. The summed E-state index contributed by atoms with van der Waals surface area (Å²) in [5.41, 5.74) is 3.21. The number of piperidine rings is 1. The highest BCUT2D eigenvalue weighted by atomic mass is 35.5. The van der Waals surface area contributed by atoms with E-state index in [0.717, 1.165) is 42.5 Å². The van der Waals surface area contributed by atoms with Crippen molar-refractivity contribution in [3.05, 3.63) is 76.6 Å². The van der Waals surface area contributed by atoms with Crippen molar-refractivity contribution in [1.29, 1.82) is 0 Å². The standard InChI is InChI=1S/C23H23ClF2N4.CH4/c24-19-14-28-17(9-15-3-2-8-27-12-15)11-18(19)22-4-1-5-23(30-22)29-13-16-6-7-20(25)21(26)10-16;/h1,4-7,10-11,14-15,27H,2-3,8-9,12-13H2,(H,29,30);1H4/t15-;/m1./s1. The second kappa shape index (κ2) is 10.6. The molecule has 1 aliphatic heterocycles. The van der Waals surface area contributed by atoms with Crippen LogP contribution in [0.2, 0.25) is 5.02 Å². The van der Waals surface area contributed by atoms with Crippen molar-refractivity contribution in [3.63, 3.8) is 0 Å². The van der Waals surface area contributed by atoms with Crippen molar-refractivity contribution >= 4 is 17.4 Å². The Morgan fingerprint density at radius 1 is 1.13 bits per heavy atom. The van der Waals surface area contributed by atoms with Crippen LogP contribution < -0.4 is 10.6 Å². The molecule has 0 aliphatic carbocycles. The lowest BCUT2D eigenvalue weighted by Gasteiger charge is -2.22. The van der Waals surface area contributed by atoms with Gasteiger partial charge in [0, 0.05) is 24.0 Å². The molecule has 3 aromatic rings. The van der Waals surface area contributed by atoms with Crippen LogP contribution in [0.5, 0.6) is 0 Å². The lowest BCUT2D eigenvalue weighted by atomic mass is 9.94. The van der Waals surface area contributed by atoms with Crippen molar-refractivity contribution < 1.29 is 8.78 Å². The molecule has 2 aromatic heterocycles. The van der Waals surface area contributed by atoms with Gasteiger partial charge in [-0.15, -0.1) is 0 Å². The predicted molar refractivity (Wildman–Crippen MR) is 122 cm³/mol. The molecule has 31 heavy (non-hydrogen) atoms. The first-order chi connectivity index (χ1) is 14.6. The highest BCUT2D eigenvalue weighted by Crippen LogP contribution is 2.28. The van der Waals surface area contributed by atoms with Crippen LogP contribution in [0, 0.1) is 17.6 Å². The van der Waals surface area contributed by atoms with Crippen LogP contribution in [0.25, 0.3) is 11.3 Å². The fraction of sp³-hybridized carbons (Fsp3) is 0.333. The van der Waals surface area contributed by atoms with Gasteiger partial charge in [-0.05, 0) is 74.2 Å². The maximum atomic E-state index is 13.4. The van der Waals surface area contributed by atoms with Crippen LogP contribution in [-0.4, -0.2) is 23.1 Å². The Labute approximate surface area is 187 Å². The maximum Gasteiger partial charge on any atom is 0.159 e. The van der Waals surface area contributed by atoms with Crippen molar-refractivity contribution in [2.45, 2.75) is 33.2 Å². The first kappa shape index (κ1) is 23.1. The lowest BCUT2D eigenvalue weighted by Crippen LogP contribution is -2.31. The van der Waals surface area contributed by atoms with Crippen molar-refractivity contribution in [3.8, 4) is 11.3 Å². The van der Waals surface area contributed by atoms with E-state index in [1.165, 1.54) is 18.9 Å². The highest BCUT2D eigenvalue weighted by molar-refractivity contribution is 6.33. The number of halogens is 3. The molecule has 0 unspecified atom stereocenters. The van der Waals surface area contributed by atoms with Crippen LogP contribution >= 0.6 is 11.6 Å². The van der Waals surface area contributed by atoms with E-state index in [0.29, 0.717) is 28.9 Å². The minimum atomic E-state index is -0.861. The minimum Gasteiger partial charge on any atom is -0.366 e. The largest absolute Gasteiger partial charge is 0.366 e. The first-order valence-corrected chi connectivity index (χ1v) is 10.5. The van der Waals surface area contributed by atoms with E-state index in [1.54, 1.807) is 12.3 Å². The van der Waals surface area contributed by atoms with Crippen LogP contribution in [0.3, 0.4) is 0 Å². The van der Waals surface area contributed by atoms with E-state index in [4.69, 9.17) is 11.6 Å². The molecule has 0 amide bonds. The lowest BCUT2D eigenvalue weighted by molar-refractivity contribution is 0.373. The number of hydrogen-bond donors (Lipinski definition) is 2. The number of hydrogen-bond acceptors (Lipinski definition) is 4. The second-order valence-corrected chi connectivity index (χ2v) is 7.99. The Kier molecular flexibility index (Phi) is 7.93. The van der Waals surface area contributed by atoms with Gasteiger partial charge >= 0.3 is 0 Å². The van der Waals surface area contributed by atoms with Gasteiger partial charge in [-0.25, -0.2) is 13.8 Å². The van der Waals surface area contributed by atoms with Crippen LogP contribution in [0.1, 0.15) is 31.5 Å². The molecule has 4 nitrogen and oxygen atoms in total. The summed E-state index contributed by atoms with van der Waals surface area (Å²) in [6, 6.07) is 11.5. The van der Waals surface area contributed by atoms with Gasteiger partial charge in [0.25, 0.3) is 0 Å². The van der Waals surface area contributed by atoms with Gasteiger partial charge in [-0.3, -0.25) is 4.98 Å². The molecule has 4 rings (SSSR count). The molecule has 1 atom stereocenters. The third-order valence-electron chi connectivity index (χ3n) is 5.29. The minimum absolute atomic E-state index is 0. The molecular weight excluding hydrogens is 418 g/mol. The number of benzene rings is 1. The number of aromatic nitrogens is 2. The molecule has 3 heterocycles. The maximum absolute atomic E-state index is 13.4. The molecule has 0 bridgehead atoms. The number of pyridine rings is 2. The Bertz CT molecular complexity index is 1020. The SMILES string of the molecule is C.Fc1ccc(CNc2cccc(-c3cc(C[C@H]4CCCNC4)ncc3Cl)n2)cc1F. The Hall–Kier alpha value is -2.57. The molecule has 1 aromatic carbocycles. The average molecular weight is 445 g/mol. The molecule has 0 radical (unpaired) electrons. The Morgan fingerprint density at radius 2 is 2.00 bits per heavy atom. The number of rotatable bonds is 6. The molecule has 2 N–H and O–H groups in total. The van der Waals surface area contributed by atoms with Crippen molar-refractivity contribution in [2.75, 3.05) is 18.4 Å². The van der Waals surface area contributed by atoms with Gasteiger partial charge in [0.05, 0.1) is 10.7 Å². The van der Waals surface area contributed by atoms with E-state index in [-0.39, 0.29) is 7.43 Å². The van der Waals surface area contributed by atoms with E-state index in [1.807, 2.05) is 24.3 Å². The summed E-state index contributed by atoms with van der Waals surface area (Å²) >= 11 is 6.42. The Balaban J connectivity index is 0.00000272. The molecular formula is C24H27ClF2N4. The summed E-state index contributed by atoms with van der Waals surface area (Å²) in [5, 5.41) is 7.13. The number of nitrogens with one attached hydrogen (secondary N) is 2. The summed E-state index contributed by atoms with van der Waals surface area (Å²) in [4.78, 5) is 9.15. The Morgan fingerprint density at radius 3 is 2.77 bits per heavy atom. The smallest absolute Gasteiger partial charge is 0.159 e. The van der Waals surface area contributed by atoms with Crippen molar-refractivity contribution in [1.82, 2.24) is 15.3 Å². The molecule has 1 fully saturated rings. The number of anilines is 1. The van der Waals surface area contributed by atoms with Gasteiger partial charge in [-0.2, -0.15) is 0 Å². The third kappa shape index (κ3) is 5.99. The fourth-order valence-corrected chi connectivity index (χ4v) is 3.91. The second-order valence-electron chi connectivity index (χ2n) is 7.58. The number of nitrogens with zero attached hydrogens (tertiary/aromatic N) is 2. The van der Waals surface area contributed by atoms with Crippen LogP contribution in [-0.2, 0) is 13.0 Å². The molecule has 164 valence electrons. The summed E-state index contributed by atoms with van der Waals surface area (Å²) < 4.78 is 26.5. The highest BCUT2D eigenvalue weighted by Gasteiger charge is 2.16.